The summed E-state index contributed by atoms with van der Waals surface area (Å²) in [6, 6.07) is 8.21. The third kappa shape index (κ3) is 7.01. The average Bonchev–Trinajstić information content (AvgIpc) is 3.43. The average molecular weight is 472 g/mol. The topological polar surface area (TPSA) is 139 Å². The van der Waals surface area contributed by atoms with Gasteiger partial charge >= 0.3 is 6.09 Å². The van der Waals surface area contributed by atoms with Crippen molar-refractivity contribution >= 4 is 23.2 Å². The van der Waals surface area contributed by atoms with Gasteiger partial charge in [0.1, 0.15) is 5.75 Å². The van der Waals surface area contributed by atoms with Crippen LogP contribution in [0.3, 0.4) is 0 Å². The molecule has 0 bridgehead atoms. The molecule has 0 aliphatic heterocycles. The summed E-state index contributed by atoms with van der Waals surface area (Å²) >= 11 is 0. The van der Waals surface area contributed by atoms with Crippen molar-refractivity contribution in [1.29, 1.82) is 0 Å². The van der Waals surface area contributed by atoms with Crippen molar-refractivity contribution in [2.45, 2.75) is 58.1 Å². The van der Waals surface area contributed by atoms with Gasteiger partial charge in [-0.15, -0.1) is 5.10 Å². The van der Waals surface area contributed by atoms with Gasteiger partial charge in [0.15, 0.2) is 11.2 Å². The van der Waals surface area contributed by atoms with Crippen LogP contribution in [0.2, 0.25) is 0 Å². The second-order valence-corrected chi connectivity index (χ2v) is 8.91. The number of amides is 1. The zero-order valence-electron chi connectivity index (χ0n) is 20.1. The molecule has 4 rings (SSSR count). The highest BCUT2D eigenvalue weighted by molar-refractivity contribution is 5.72. The fraction of sp³-hybridized carbons (Fsp3) is 0.522. The number of ether oxygens (including phenoxy) is 1. The lowest BCUT2D eigenvalue weighted by Crippen LogP contribution is -2.38. The number of rotatable bonds is 7. The van der Waals surface area contributed by atoms with Crippen molar-refractivity contribution in [2.24, 2.45) is 0 Å². The highest BCUT2D eigenvalue weighted by atomic mass is 16.5. The Kier molecular flexibility index (Phi) is 8.21. The predicted molar refractivity (Wildman–Crippen MR) is 128 cm³/mol. The lowest BCUT2D eigenvalue weighted by atomic mass is 10.1. The van der Waals surface area contributed by atoms with Gasteiger partial charge in [0.2, 0.25) is 5.95 Å². The van der Waals surface area contributed by atoms with Crippen LogP contribution >= 0.6 is 0 Å². The zero-order chi connectivity index (χ0) is 24.7. The number of aromatic nitrogens is 5. The van der Waals surface area contributed by atoms with Gasteiger partial charge in [0.25, 0.3) is 0 Å². The Morgan fingerprint density at radius 1 is 1.26 bits per heavy atom. The molecular formula is C23H33N7O4. The van der Waals surface area contributed by atoms with Gasteiger partial charge in [-0.1, -0.05) is 18.1 Å². The number of nitrogens with one attached hydrogen (secondary N) is 1. The first kappa shape index (κ1) is 25.2. The number of aliphatic hydroxyl groups is 1. The van der Waals surface area contributed by atoms with Gasteiger partial charge < -0.3 is 25.2 Å². The molecule has 0 atom stereocenters. The summed E-state index contributed by atoms with van der Waals surface area (Å²) in [5, 5.41) is 29.3. The van der Waals surface area contributed by atoms with Crippen molar-refractivity contribution in [3.8, 4) is 11.4 Å². The number of anilines is 1. The Morgan fingerprint density at radius 2 is 1.94 bits per heavy atom. The molecule has 1 aromatic carbocycles. The quantitative estimate of drug-likeness (QED) is 0.473. The lowest BCUT2D eigenvalue weighted by molar-refractivity contribution is 0.0444. The summed E-state index contributed by atoms with van der Waals surface area (Å²) in [6.07, 6.45) is 5.59. The number of hydrogen-bond acceptors (Lipinski definition) is 8. The SMILES string of the molecule is CCOc1ccc(-n2nnc3cnc(NC4CCCC4)nc32)cc1.CN(CC(C)(C)O)C(=O)O. The van der Waals surface area contributed by atoms with E-state index in [9.17, 15) is 4.79 Å². The molecule has 11 nitrogen and oxygen atoms in total. The fourth-order valence-corrected chi connectivity index (χ4v) is 3.72. The molecule has 2 aromatic heterocycles. The minimum atomic E-state index is -1.03. The molecule has 2 heterocycles. The van der Waals surface area contributed by atoms with Crippen molar-refractivity contribution in [3.05, 3.63) is 30.5 Å². The van der Waals surface area contributed by atoms with E-state index in [0.29, 0.717) is 29.8 Å². The monoisotopic (exact) mass is 471 g/mol. The van der Waals surface area contributed by atoms with Crippen molar-refractivity contribution in [1.82, 2.24) is 29.9 Å². The number of fused-ring (bicyclic) bond motifs is 1. The Balaban J connectivity index is 0.000000277. The lowest BCUT2D eigenvalue weighted by Gasteiger charge is -2.22. The smallest absolute Gasteiger partial charge is 0.407 e. The van der Waals surface area contributed by atoms with Crippen LogP contribution in [0.5, 0.6) is 5.75 Å². The predicted octanol–water partition coefficient (Wildman–Crippen LogP) is 3.33. The Morgan fingerprint density at radius 3 is 2.50 bits per heavy atom. The summed E-state index contributed by atoms with van der Waals surface area (Å²) < 4.78 is 7.21. The second-order valence-electron chi connectivity index (χ2n) is 8.91. The first-order chi connectivity index (χ1) is 16.2. The summed E-state index contributed by atoms with van der Waals surface area (Å²) in [5.41, 5.74) is 1.33. The van der Waals surface area contributed by atoms with E-state index in [4.69, 9.17) is 14.9 Å². The second kappa shape index (κ2) is 11.1. The number of benzene rings is 1. The molecule has 1 amide bonds. The molecule has 184 valence electrons. The van der Waals surface area contributed by atoms with Crippen LogP contribution in [0, 0.1) is 0 Å². The van der Waals surface area contributed by atoms with E-state index in [0.717, 1.165) is 16.3 Å². The molecule has 0 unspecified atom stereocenters. The standard InChI is InChI=1S/C17H20N6O.C6H13NO3/c1-2-24-14-9-7-13(8-10-14)23-16-15(21-22-23)11-18-17(20-16)19-12-5-3-4-6-12;1-6(2,10)4-7(3)5(8)9/h7-12H,2-6H2,1H3,(H,18,19,20);10H,4H2,1-3H3,(H,8,9). The van der Waals surface area contributed by atoms with Crippen molar-refractivity contribution in [2.75, 3.05) is 25.5 Å². The Bertz CT molecular complexity index is 1070. The Labute approximate surface area is 198 Å². The number of nitrogens with zero attached hydrogens (tertiary/aromatic N) is 6. The fourth-order valence-electron chi connectivity index (χ4n) is 3.72. The van der Waals surface area contributed by atoms with E-state index in [2.05, 4.69) is 25.6 Å². The summed E-state index contributed by atoms with van der Waals surface area (Å²) in [6.45, 7) is 5.87. The van der Waals surface area contributed by atoms with Crippen LogP contribution in [-0.2, 0) is 0 Å². The van der Waals surface area contributed by atoms with Crippen LogP contribution in [0.25, 0.3) is 16.9 Å². The van der Waals surface area contributed by atoms with Gasteiger partial charge in [0, 0.05) is 13.1 Å². The first-order valence-corrected chi connectivity index (χ1v) is 11.4. The highest BCUT2D eigenvalue weighted by Gasteiger charge is 2.18. The first-order valence-electron chi connectivity index (χ1n) is 11.4. The molecular weight excluding hydrogens is 438 g/mol. The molecule has 34 heavy (non-hydrogen) atoms. The van der Waals surface area contributed by atoms with Gasteiger partial charge in [-0.05, 0) is 57.9 Å². The third-order valence-corrected chi connectivity index (χ3v) is 5.22. The molecule has 0 spiro atoms. The van der Waals surface area contributed by atoms with E-state index >= 15 is 0 Å². The summed E-state index contributed by atoms with van der Waals surface area (Å²) in [4.78, 5) is 20.2. The molecule has 0 radical (unpaired) electrons. The summed E-state index contributed by atoms with van der Waals surface area (Å²) in [7, 11) is 1.42. The maximum absolute atomic E-state index is 10.2. The highest BCUT2D eigenvalue weighted by Crippen LogP contribution is 2.22. The van der Waals surface area contributed by atoms with Gasteiger partial charge in [-0.25, -0.2) is 9.78 Å². The number of carbonyl (C=O) groups is 1. The van der Waals surface area contributed by atoms with Crippen LogP contribution in [0.15, 0.2) is 30.5 Å². The van der Waals surface area contributed by atoms with E-state index in [-0.39, 0.29) is 6.54 Å². The largest absolute Gasteiger partial charge is 0.494 e. The van der Waals surface area contributed by atoms with E-state index in [1.807, 2.05) is 31.2 Å². The van der Waals surface area contributed by atoms with Gasteiger partial charge in [-0.3, -0.25) is 0 Å². The maximum Gasteiger partial charge on any atom is 0.407 e. The molecule has 3 aromatic rings. The molecule has 11 heteroatoms. The van der Waals surface area contributed by atoms with Gasteiger partial charge in [-0.2, -0.15) is 9.67 Å². The molecule has 1 saturated carbocycles. The zero-order valence-corrected chi connectivity index (χ0v) is 20.1. The minimum absolute atomic E-state index is 0.127. The molecule has 1 fully saturated rings. The van der Waals surface area contributed by atoms with Crippen molar-refractivity contribution in [3.63, 3.8) is 0 Å². The van der Waals surface area contributed by atoms with E-state index < -0.39 is 11.7 Å². The number of hydrogen-bond donors (Lipinski definition) is 3. The number of likely N-dealkylation sites (N-methyl/N-ethyl adjacent to an activating group) is 1. The van der Waals surface area contributed by atoms with E-state index in [1.165, 1.54) is 32.7 Å². The van der Waals surface area contributed by atoms with E-state index in [1.54, 1.807) is 24.7 Å². The normalized spacial score (nSPS) is 13.9. The number of carboxylic acid groups (broad SMARTS) is 1. The van der Waals surface area contributed by atoms with Crippen molar-refractivity contribution < 1.29 is 19.7 Å². The van der Waals surface area contributed by atoms with Gasteiger partial charge in [0.05, 0.1) is 30.6 Å². The molecule has 1 aliphatic rings. The van der Waals surface area contributed by atoms with Crippen LogP contribution in [0.4, 0.5) is 10.7 Å². The maximum atomic E-state index is 10.2. The summed E-state index contributed by atoms with van der Waals surface area (Å²) in [5.74, 6) is 1.48. The molecule has 3 N–H and O–H groups in total. The molecule has 1 aliphatic carbocycles. The minimum Gasteiger partial charge on any atom is -0.494 e. The molecule has 0 saturated heterocycles. The third-order valence-electron chi connectivity index (χ3n) is 5.22. The Hall–Kier alpha value is -3.47. The van der Waals surface area contributed by atoms with Crippen LogP contribution in [-0.4, -0.2) is 78.0 Å². The van der Waals surface area contributed by atoms with Crippen LogP contribution in [0.1, 0.15) is 46.5 Å². The van der Waals surface area contributed by atoms with Crippen LogP contribution < -0.4 is 10.1 Å².